The lowest BCUT2D eigenvalue weighted by Crippen LogP contribution is -2.48. The third-order valence-electron chi connectivity index (χ3n) is 5.33. The van der Waals surface area contributed by atoms with Gasteiger partial charge in [0.1, 0.15) is 10.6 Å². The maximum Gasteiger partial charge on any atom is 0.328 e. The number of aromatic nitrogens is 3. The summed E-state index contributed by atoms with van der Waals surface area (Å²) < 4.78 is 11.0. The number of H-pyrrole nitrogens is 1. The number of para-hydroxylation sites is 2. The Morgan fingerprint density at radius 1 is 1.16 bits per heavy atom. The van der Waals surface area contributed by atoms with Gasteiger partial charge in [-0.3, -0.25) is 14.2 Å². The van der Waals surface area contributed by atoms with E-state index in [0.717, 1.165) is 27.5 Å². The molecule has 3 aromatic rings. The minimum atomic E-state index is -0.508. The van der Waals surface area contributed by atoms with Crippen molar-refractivity contribution < 1.29 is 9.53 Å². The molecule has 0 atom stereocenters. The van der Waals surface area contributed by atoms with E-state index in [2.05, 4.69) is 14.3 Å². The highest BCUT2D eigenvalue weighted by Gasteiger charge is 2.27. The number of hydrogen-bond acceptors (Lipinski definition) is 7. The fourth-order valence-electron chi connectivity index (χ4n) is 3.81. The number of carbonyl (C=O) groups excluding carboxylic acids is 1. The monoisotopic (exact) mass is 443 g/mol. The van der Waals surface area contributed by atoms with Crippen molar-refractivity contribution in [1.29, 1.82) is 0 Å². The van der Waals surface area contributed by atoms with Crippen molar-refractivity contribution in [3.05, 3.63) is 50.0 Å². The molecule has 1 aromatic carbocycles. The molecule has 31 heavy (non-hydrogen) atoms. The Labute approximate surface area is 183 Å². The first-order valence-corrected chi connectivity index (χ1v) is 11.2. The summed E-state index contributed by atoms with van der Waals surface area (Å²) in [6.07, 6.45) is 0.654. The number of rotatable bonds is 6. The second-order valence-corrected chi connectivity index (χ2v) is 8.08. The first-order valence-electron chi connectivity index (χ1n) is 10.4. The number of anilines is 1. The predicted octanol–water partition coefficient (Wildman–Crippen LogP) is 1.92. The van der Waals surface area contributed by atoms with E-state index in [-0.39, 0.29) is 16.9 Å². The largest absolute Gasteiger partial charge is 0.492 e. The van der Waals surface area contributed by atoms with Crippen LogP contribution < -0.4 is 20.9 Å². The van der Waals surface area contributed by atoms with Gasteiger partial charge in [-0.2, -0.15) is 4.37 Å². The molecule has 3 heterocycles. The topological polar surface area (TPSA) is 101 Å². The van der Waals surface area contributed by atoms with Gasteiger partial charge in [-0.1, -0.05) is 19.1 Å². The fraction of sp³-hybridized carbons (Fsp3) is 0.429. The number of piperazine rings is 1. The Balaban J connectivity index is 1.54. The van der Waals surface area contributed by atoms with Crippen LogP contribution in [0.5, 0.6) is 5.75 Å². The number of aromatic amines is 1. The summed E-state index contributed by atoms with van der Waals surface area (Å²) in [4.78, 5) is 45.0. The molecule has 0 radical (unpaired) electrons. The lowest BCUT2D eigenvalue weighted by atomic mass is 10.2. The summed E-state index contributed by atoms with van der Waals surface area (Å²) >= 11 is 0.962. The summed E-state index contributed by atoms with van der Waals surface area (Å²) in [6.45, 7) is 7.11. The number of fused-ring (bicyclic) bond motifs is 1. The predicted molar refractivity (Wildman–Crippen MR) is 121 cm³/mol. The Morgan fingerprint density at radius 3 is 2.61 bits per heavy atom. The molecular formula is C21H25N5O4S. The van der Waals surface area contributed by atoms with Crippen LogP contribution in [0.4, 0.5) is 5.69 Å². The quantitative estimate of drug-likeness (QED) is 0.625. The number of nitrogens with one attached hydrogen (secondary N) is 1. The normalized spacial score (nSPS) is 14.3. The van der Waals surface area contributed by atoms with Crippen LogP contribution in [0, 0.1) is 0 Å². The molecule has 1 N–H and O–H groups in total. The molecule has 4 rings (SSSR count). The summed E-state index contributed by atoms with van der Waals surface area (Å²) in [5.74, 6) is 0.618. The van der Waals surface area contributed by atoms with Gasteiger partial charge in [-0.15, -0.1) is 0 Å². The van der Waals surface area contributed by atoms with E-state index in [4.69, 9.17) is 4.74 Å². The average Bonchev–Trinajstić information content (AvgIpc) is 3.21. The van der Waals surface area contributed by atoms with Crippen molar-refractivity contribution in [3.63, 3.8) is 0 Å². The van der Waals surface area contributed by atoms with Crippen LogP contribution in [0.15, 0.2) is 33.9 Å². The summed E-state index contributed by atoms with van der Waals surface area (Å²) in [5.41, 5.74) is 0.437. The number of ether oxygens (including phenoxy) is 1. The molecule has 0 bridgehead atoms. The van der Waals surface area contributed by atoms with Crippen LogP contribution in [0.1, 0.15) is 29.9 Å². The van der Waals surface area contributed by atoms with Crippen LogP contribution in [-0.2, 0) is 6.54 Å². The van der Waals surface area contributed by atoms with Crippen molar-refractivity contribution in [2.75, 3.05) is 37.7 Å². The Morgan fingerprint density at radius 2 is 1.90 bits per heavy atom. The minimum Gasteiger partial charge on any atom is -0.492 e. The van der Waals surface area contributed by atoms with Gasteiger partial charge in [0.05, 0.1) is 17.8 Å². The number of hydrogen-bond donors (Lipinski definition) is 1. The van der Waals surface area contributed by atoms with Gasteiger partial charge in [0.15, 0.2) is 5.52 Å². The SMILES string of the molecule is CCCn1c(=O)[nH]c2c(C(=O)N3CCN(c4ccccc4OCC)CC3)snc2c1=O. The standard InChI is InChI=1S/C21H25N5O4S/c1-3-9-26-19(27)17-16(22-21(26)29)18(31-23-17)20(28)25-12-10-24(11-13-25)14-7-5-6-8-15(14)30-4-2/h5-8H,3-4,9-13H2,1-2H3,(H,22,29). The highest BCUT2D eigenvalue weighted by molar-refractivity contribution is 7.09. The molecule has 1 fully saturated rings. The zero-order chi connectivity index (χ0) is 22.0. The Kier molecular flexibility index (Phi) is 6.08. The van der Waals surface area contributed by atoms with Crippen LogP contribution >= 0.6 is 11.5 Å². The van der Waals surface area contributed by atoms with E-state index in [1.54, 1.807) is 4.90 Å². The van der Waals surface area contributed by atoms with Gasteiger partial charge >= 0.3 is 5.69 Å². The molecule has 0 unspecified atom stereocenters. The van der Waals surface area contributed by atoms with Crippen molar-refractivity contribution in [2.24, 2.45) is 0 Å². The summed E-state index contributed by atoms with van der Waals surface area (Å²) in [6, 6.07) is 7.88. The molecule has 1 amide bonds. The Hall–Kier alpha value is -3.14. The van der Waals surface area contributed by atoms with Crippen molar-refractivity contribution in [1.82, 2.24) is 18.8 Å². The molecule has 164 valence electrons. The molecule has 1 saturated heterocycles. The van der Waals surface area contributed by atoms with Gasteiger partial charge in [0.2, 0.25) is 0 Å². The van der Waals surface area contributed by atoms with Gasteiger partial charge in [0.25, 0.3) is 11.5 Å². The van der Waals surface area contributed by atoms with E-state index < -0.39 is 11.2 Å². The number of carbonyl (C=O) groups is 1. The van der Waals surface area contributed by atoms with Crippen LogP contribution in [0.25, 0.3) is 11.0 Å². The summed E-state index contributed by atoms with van der Waals surface area (Å²) in [5, 5.41) is 0. The number of benzene rings is 1. The van der Waals surface area contributed by atoms with E-state index in [0.29, 0.717) is 50.6 Å². The molecule has 2 aromatic heterocycles. The van der Waals surface area contributed by atoms with Crippen LogP contribution in [-0.4, -0.2) is 57.5 Å². The minimum absolute atomic E-state index is 0.144. The first kappa shape index (κ1) is 21.1. The smallest absolute Gasteiger partial charge is 0.328 e. The highest BCUT2D eigenvalue weighted by atomic mass is 32.1. The zero-order valence-corrected chi connectivity index (χ0v) is 18.4. The lowest BCUT2D eigenvalue weighted by molar-refractivity contribution is 0.0753. The molecule has 1 aliphatic heterocycles. The van der Waals surface area contributed by atoms with Crippen molar-refractivity contribution in [3.8, 4) is 5.75 Å². The van der Waals surface area contributed by atoms with Crippen LogP contribution in [0.2, 0.25) is 0 Å². The molecular weight excluding hydrogens is 418 g/mol. The lowest BCUT2D eigenvalue weighted by Gasteiger charge is -2.36. The van der Waals surface area contributed by atoms with Gasteiger partial charge in [-0.25, -0.2) is 4.79 Å². The second-order valence-electron chi connectivity index (χ2n) is 7.30. The van der Waals surface area contributed by atoms with Gasteiger partial charge < -0.3 is 19.5 Å². The van der Waals surface area contributed by atoms with Crippen LogP contribution in [0.3, 0.4) is 0 Å². The molecule has 9 nitrogen and oxygen atoms in total. The average molecular weight is 444 g/mol. The van der Waals surface area contributed by atoms with Gasteiger partial charge in [-0.05, 0) is 37.0 Å². The van der Waals surface area contributed by atoms with E-state index in [9.17, 15) is 14.4 Å². The first-order chi connectivity index (χ1) is 15.0. The number of nitrogens with zero attached hydrogens (tertiary/aromatic N) is 4. The second kappa shape index (κ2) is 8.93. The Bertz CT molecular complexity index is 1210. The molecule has 0 saturated carbocycles. The zero-order valence-electron chi connectivity index (χ0n) is 17.6. The third kappa shape index (κ3) is 3.95. The van der Waals surface area contributed by atoms with Gasteiger partial charge in [0, 0.05) is 32.7 Å². The summed E-state index contributed by atoms with van der Waals surface area (Å²) in [7, 11) is 0. The highest BCUT2D eigenvalue weighted by Crippen LogP contribution is 2.29. The fourth-order valence-corrected chi connectivity index (χ4v) is 4.61. The van der Waals surface area contributed by atoms with E-state index in [1.807, 2.05) is 38.1 Å². The van der Waals surface area contributed by atoms with Crippen molar-refractivity contribution >= 4 is 34.2 Å². The number of amides is 1. The molecule has 0 aliphatic carbocycles. The maximum atomic E-state index is 13.1. The molecule has 1 aliphatic rings. The van der Waals surface area contributed by atoms with E-state index in [1.165, 1.54) is 0 Å². The maximum absolute atomic E-state index is 13.1. The van der Waals surface area contributed by atoms with Crippen molar-refractivity contribution in [2.45, 2.75) is 26.8 Å². The van der Waals surface area contributed by atoms with E-state index >= 15 is 0 Å². The molecule has 10 heteroatoms. The third-order valence-corrected chi connectivity index (χ3v) is 6.17. The molecule has 0 spiro atoms.